The van der Waals surface area contributed by atoms with Crippen LogP contribution >= 0.6 is 0 Å². The lowest BCUT2D eigenvalue weighted by Crippen LogP contribution is -2.17. The van der Waals surface area contributed by atoms with Crippen LogP contribution in [0.25, 0.3) is 0 Å². The van der Waals surface area contributed by atoms with E-state index in [0.717, 1.165) is 18.4 Å². The van der Waals surface area contributed by atoms with Crippen molar-refractivity contribution < 1.29 is 9.53 Å². The Morgan fingerprint density at radius 3 is 2.76 bits per heavy atom. The maximum atomic E-state index is 12.6. The molecule has 1 aromatic heterocycles. The van der Waals surface area contributed by atoms with Crippen LogP contribution in [0.1, 0.15) is 46.6 Å². The quantitative estimate of drug-likeness (QED) is 0.531. The summed E-state index contributed by atoms with van der Waals surface area (Å²) in [5.74, 6) is 0.226. The first-order valence-electron chi connectivity index (χ1n) is 8.63. The van der Waals surface area contributed by atoms with Gasteiger partial charge in [0.2, 0.25) is 0 Å². The Morgan fingerprint density at radius 2 is 1.92 bits per heavy atom. The topological polar surface area (TPSA) is 44.1 Å². The van der Waals surface area contributed by atoms with Crippen molar-refractivity contribution in [2.75, 3.05) is 0 Å². The highest BCUT2D eigenvalue weighted by Gasteiger charge is 2.20. The van der Waals surface area contributed by atoms with Gasteiger partial charge in [-0.3, -0.25) is 0 Å². The number of hydrogen-bond acceptors (Lipinski definition) is 3. The van der Waals surface area contributed by atoms with Gasteiger partial charge in [-0.25, -0.2) is 9.78 Å². The summed E-state index contributed by atoms with van der Waals surface area (Å²) < 4.78 is 7.46. The SMILES string of the molecule is C[C@H](c1ccccc1)n1cncc1C(=O)Oc1ccc2c(c1)CCC2. The monoisotopic (exact) mass is 332 g/mol. The number of fused-ring (bicyclic) bond motifs is 1. The van der Waals surface area contributed by atoms with Crippen LogP contribution in [0.2, 0.25) is 0 Å². The maximum absolute atomic E-state index is 12.6. The number of carbonyl (C=O) groups excluding carboxylic acids is 1. The third-order valence-corrected chi connectivity index (χ3v) is 4.85. The number of rotatable bonds is 4. The van der Waals surface area contributed by atoms with Crippen molar-refractivity contribution in [3.05, 3.63) is 83.4 Å². The summed E-state index contributed by atoms with van der Waals surface area (Å²) in [6, 6.07) is 16.0. The van der Waals surface area contributed by atoms with Gasteiger partial charge < -0.3 is 9.30 Å². The zero-order chi connectivity index (χ0) is 17.2. The molecule has 1 aliphatic carbocycles. The lowest BCUT2D eigenvalue weighted by Gasteiger charge is -2.16. The van der Waals surface area contributed by atoms with Gasteiger partial charge in [-0.2, -0.15) is 0 Å². The molecule has 0 N–H and O–H groups in total. The molecule has 0 fully saturated rings. The first kappa shape index (κ1) is 15.6. The van der Waals surface area contributed by atoms with Gasteiger partial charge >= 0.3 is 5.97 Å². The fourth-order valence-electron chi connectivity index (χ4n) is 3.43. The van der Waals surface area contributed by atoms with Gasteiger partial charge in [0.1, 0.15) is 11.4 Å². The fraction of sp³-hybridized carbons (Fsp3) is 0.238. The molecule has 4 heteroatoms. The maximum Gasteiger partial charge on any atom is 0.362 e. The van der Waals surface area contributed by atoms with E-state index in [1.54, 1.807) is 12.5 Å². The Hall–Kier alpha value is -2.88. The van der Waals surface area contributed by atoms with E-state index in [-0.39, 0.29) is 12.0 Å². The third-order valence-electron chi connectivity index (χ3n) is 4.85. The van der Waals surface area contributed by atoms with Crippen molar-refractivity contribution in [3.8, 4) is 5.75 Å². The number of esters is 1. The number of carbonyl (C=O) groups is 1. The zero-order valence-electron chi connectivity index (χ0n) is 14.2. The smallest absolute Gasteiger partial charge is 0.362 e. The van der Waals surface area contributed by atoms with Gasteiger partial charge in [-0.15, -0.1) is 0 Å². The molecule has 1 aliphatic rings. The first-order chi connectivity index (χ1) is 12.2. The average molecular weight is 332 g/mol. The highest BCUT2D eigenvalue weighted by molar-refractivity contribution is 5.89. The molecular weight excluding hydrogens is 312 g/mol. The van der Waals surface area contributed by atoms with E-state index in [4.69, 9.17) is 4.74 Å². The second-order valence-corrected chi connectivity index (χ2v) is 6.45. The number of ether oxygens (including phenoxy) is 1. The Balaban J connectivity index is 1.56. The van der Waals surface area contributed by atoms with Crippen LogP contribution in [0, 0.1) is 0 Å². The summed E-state index contributed by atoms with van der Waals surface area (Å²) >= 11 is 0. The summed E-state index contributed by atoms with van der Waals surface area (Å²) in [4.78, 5) is 16.8. The predicted molar refractivity (Wildman–Crippen MR) is 95.9 cm³/mol. The standard InChI is InChI=1S/C21H20N2O2/c1-15(16-6-3-2-4-7-16)23-14-22-13-20(23)21(24)25-19-11-10-17-8-5-9-18(17)12-19/h2-4,6-7,10-15H,5,8-9H2,1H3/t15-/m1/s1. The summed E-state index contributed by atoms with van der Waals surface area (Å²) in [6.07, 6.45) is 6.59. The molecule has 3 aromatic rings. The van der Waals surface area contributed by atoms with Crippen LogP contribution in [0.5, 0.6) is 5.75 Å². The van der Waals surface area contributed by atoms with E-state index >= 15 is 0 Å². The second-order valence-electron chi connectivity index (χ2n) is 6.45. The minimum Gasteiger partial charge on any atom is -0.422 e. The van der Waals surface area contributed by atoms with Gasteiger partial charge in [-0.05, 0) is 55.0 Å². The lowest BCUT2D eigenvalue weighted by molar-refractivity contribution is 0.0722. The molecule has 0 aliphatic heterocycles. The van der Waals surface area contributed by atoms with Gasteiger partial charge in [0.15, 0.2) is 0 Å². The van der Waals surface area contributed by atoms with Crippen LogP contribution in [0.3, 0.4) is 0 Å². The van der Waals surface area contributed by atoms with E-state index in [0.29, 0.717) is 11.4 Å². The summed E-state index contributed by atoms with van der Waals surface area (Å²) in [5, 5.41) is 0. The molecule has 4 rings (SSSR count). The molecule has 0 unspecified atom stereocenters. The molecule has 0 spiro atoms. The van der Waals surface area contributed by atoms with Gasteiger partial charge in [0.25, 0.3) is 0 Å². The molecule has 0 amide bonds. The fourth-order valence-corrected chi connectivity index (χ4v) is 3.43. The number of imidazole rings is 1. The number of benzene rings is 2. The average Bonchev–Trinajstić information content (AvgIpc) is 3.30. The summed E-state index contributed by atoms with van der Waals surface area (Å²) in [7, 11) is 0. The normalized spacial score (nSPS) is 14.1. The van der Waals surface area contributed by atoms with Gasteiger partial charge in [0, 0.05) is 0 Å². The molecule has 126 valence electrons. The first-order valence-corrected chi connectivity index (χ1v) is 8.63. The zero-order valence-corrected chi connectivity index (χ0v) is 14.2. The number of hydrogen-bond donors (Lipinski definition) is 0. The number of nitrogens with zero attached hydrogens (tertiary/aromatic N) is 2. The minimum absolute atomic E-state index is 0.00581. The van der Waals surface area contributed by atoms with Crippen LogP contribution in [-0.4, -0.2) is 15.5 Å². The van der Waals surface area contributed by atoms with E-state index < -0.39 is 0 Å². The van der Waals surface area contributed by atoms with Crippen LogP contribution < -0.4 is 4.74 Å². The van der Waals surface area contributed by atoms with Crippen molar-refractivity contribution in [2.24, 2.45) is 0 Å². The molecule has 0 radical (unpaired) electrons. The predicted octanol–water partition coefficient (Wildman–Crippen LogP) is 4.20. The van der Waals surface area contributed by atoms with E-state index in [1.165, 1.54) is 17.5 Å². The summed E-state index contributed by atoms with van der Waals surface area (Å²) in [5.41, 5.74) is 4.22. The van der Waals surface area contributed by atoms with Gasteiger partial charge in [-0.1, -0.05) is 36.4 Å². The molecule has 2 aromatic carbocycles. The molecule has 0 saturated carbocycles. The van der Waals surface area contributed by atoms with Crippen molar-refractivity contribution in [2.45, 2.75) is 32.2 Å². The van der Waals surface area contributed by atoms with E-state index in [2.05, 4.69) is 11.1 Å². The van der Waals surface area contributed by atoms with Crippen LogP contribution in [0.4, 0.5) is 0 Å². The minimum atomic E-state index is -0.377. The van der Waals surface area contributed by atoms with Crippen molar-refractivity contribution in [1.82, 2.24) is 9.55 Å². The Bertz CT molecular complexity index is 899. The molecule has 0 saturated heterocycles. The highest BCUT2D eigenvalue weighted by atomic mass is 16.5. The second kappa shape index (κ2) is 6.55. The Kier molecular flexibility index (Phi) is 4.10. The third kappa shape index (κ3) is 3.07. The Labute approximate surface area is 147 Å². The van der Waals surface area contributed by atoms with E-state index in [1.807, 2.05) is 54.0 Å². The molecule has 4 nitrogen and oxygen atoms in total. The molecular formula is C21H20N2O2. The highest BCUT2D eigenvalue weighted by Crippen LogP contribution is 2.27. The molecule has 1 atom stereocenters. The van der Waals surface area contributed by atoms with E-state index in [9.17, 15) is 4.79 Å². The van der Waals surface area contributed by atoms with Crippen molar-refractivity contribution >= 4 is 5.97 Å². The van der Waals surface area contributed by atoms with Crippen molar-refractivity contribution in [1.29, 1.82) is 0 Å². The molecule has 1 heterocycles. The molecule has 0 bridgehead atoms. The number of aryl methyl sites for hydroxylation is 2. The molecule has 25 heavy (non-hydrogen) atoms. The van der Waals surface area contributed by atoms with Crippen LogP contribution in [0.15, 0.2) is 61.1 Å². The lowest BCUT2D eigenvalue weighted by atomic mass is 10.1. The Morgan fingerprint density at radius 1 is 1.12 bits per heavy atom. The number of aromatic nitrogens is 2. The van der Waals surface area contributed by atoms with Gasteiger partial charge in [0.05, 0.1) is 18.6 Å². The van der Waals surface area contributed by atoms with Crippen LogP contribution in [-0.2, 0) is 12.8 Å². The largest absolute Gasteiger partial charge is 0.422 e. The van der Waals surface area contributed by atoms with Crippen molar-refractivity contribution in [3.63, 3.8) is 0 Å². The summed E-state index contributed by atoms with van der Waals surface area (Å²) in [6.45, 7) is 2.04.